The predicted octanol–water partition coefficient (Wildman–Crippen LogP) is 4.20. The minimum Gasteiger partial charge on any atom is -0.457 e. The van der Waals surface area contributed by atoms with E-state index in [-0.39, 0.29) is 30.6 Å². The molecule has 1 aromatic heterocycles. The largest absolute Gasteiger partial charge is 0.457 e. The Morgan fingerprint density at radius 2 is 1.97 bits per heavy atom. The highest BCUT2D eigenvalue weighted by molar-refractivity contribution is 7.96. The average Bonchev–Trinajstić information content (AvgIpc) is 3.39. The fraction of sp³-hybridized carbons (Fsp3) is 0.577. The molecule has 0 saturated heterocycles. The van der Waals surface area contributed by atoms with Crippen LogP contribution in [0.2, 0.25) is 0 Å². The lowest BCUT2D eigenvalue weighted by Gasteiger charge is -2.63. The van der Waals surface area contributed by atoms with Gasteiger partial charge in [0, 0.05) is 22.7 Å². The molecule has 3 saturated carbocycles. The van der Waals surface area contributed by atoms with Gasteiger partial charge in [0.25, 0.3) is 0 Å². The summed E-state index contributed by atoms with van der Waals surface area (Å²) in [6, 6.07) is 2.91. The molecule has 9 atom stereocenters. The lowest BCUT2D eigenvalue weighted by atomic mass is 9.44. The molecule has 35 heavy (non-hydrogen) atoms. The number of carbonyl (C=O) groups is 3. The second-order valence-corrected chi connectivity index (χ2v) is 11.3. The van der Waals surface area contributed by atoms with E-state index >= 15 is 8.78 Å². The molecule has 188 valence electrons. The third-order valence-corrected chi connectivity index (χ3v) is 9.79. The molecule has 1 aromatic rings. The normalized spacial score (nSPS) is 46.3. The number of carbonyl (C=O) groups excluding carboxylic acids is 3. The van der Waals surface area contributed by atoms with Crippen LogP contribution < -0.4 is 0 Å². The number of ether oxygens (including phenoxy) is 1. The quantitative estimate of drug-likeness (QED) is 0.472. The lowest BCUT2D eigenvalue weighted by Crippen LogP contribution is -2.70. The summed E-state index contributed by atoms with van der Waals surface area (Å²) in [5, 5.41) is 10.7. The Morgan fingerprint density at radius 1 is 1.26 bits per heavy atom. The van der Waals surface area contributed by atoms with Crippen LogP contribution in [0.25, 0.3) is 0 Å². The van der Waals surface area contributed by atoms with Crippen LogP contribution in [0.4, 0.5) is 8.78 Å². The molecule has 0 amide bonds. The number of hydrogen-bond acceptors (Lipinski definition) is 6. The van der Waals surface area contributed by atoms with Gasteiger partial charge in [-0.1, -0.05) is 19.9 Å². The van der Waals surface area contributed by atoms with E-state index in [4.69, 9.17) is 9.15 Å². The summed E-state index contributed by atoms with van der Waals surface area (Å²) in [6.07, 6.45) is 1.58. The Bertz CT molecular complexity index is 1160. The Balaban J connectivity index is 1.62. The standard InChI is InChI=1S/C26H28F2O6S/c1-13-9-15-16-11-18(27)17-10-14(29)6-7-23(17,2)25(16,28)20(30)12-24(15,3)26(13,22(32)35)34-21(31)19-5-4-8-33-19/h4-8,10,13,15-16,18,20,30H,9,11-12H2,1-3H3,(H,32,35). The van der Waals surface area contributed by atoms with E-state index in [1.807, 2.05) is 0 Å². The van der Waals surface area contributed by atoms with E-state index in [1.165, 1.54) is 37.5 Å². The SMILES string of the molecule is CC1CC2C3CC(F)C4=CC(=O)C=CC4(C)C3(F)C(O)CC2(C)C1(OC(=O)c1ccco1)C(=O)S. The van der Waals surface area contributed by atoms with Gasteiger partial charge < -0.3 is 14.3 Å². The molecule has 1 heterocycles. The maximum atomic E-state index is 17.3. The van der Waals surface area contributed by atoms with E-state index in [2.05, 4.69) is 12.6 Å². The molecule has 0 bridgehead atoms. The number of esters is 1. The molecule has 6 nitrogen and oxygen atoms in total. The molecule has 0 spiro atoms. The van der Waals surface area contributed by atoms with E-state index in [0.29, 0.717) is 0 Å². The highest BCUT2D eigenvalue weighted by atomic mass is 32.1. The van der Waals surface area contributed by atoms with Gasteiger partial charge in [-0.2, -0.15) is 0 Å². The molecule has 0 aliphatic heterocycles. The highest BCUT2D eigenvalue weighted by Crippen LogP contribution is 2.71. The van der Waals surface area contributed by atoms with Crippen LogP contribution in [0.3, 0.4) is 0 Å². The highest BCUT2D eigenvalue weighted by Gasteiger charge is 2.78. The zero-order chi connectivity index (χ0) is 25.6. The molecule has 9 heteroatoms. The zero-order valence-corrected chi connectivity index (χ0v) is 20.6. The molecule has 0 radical (unpaired) electrons. The fourth-order valence-corrected chi connectivity index (χ4v) is 8.35. The molecule has 1 N–H and O–H groups in total. The Morgan fingerprint density at radius 3 is 2.60 bits per heavy atom. The second kappa shape index (κ2) is 7.62. The lowest BCUT2D eigenvalue weighted by molar-refractivity contribution is -0.221. The van der Waals surface area contributed by atoms with Gasteiger partial charge in [-0.15, -0.1) is 12.6 Å². The second-order valence-electron chi connectivity index (χ2n) is 10.9. The first-order valence-electron chi connectivity index (χ1n) is 11.8. The van der Waals surface area contributed by atoms with Gasteiger partial charge in [-0.25, -0.2) is 13.6 Å². The first-order valence-corrected chi connectivity index (χ1v) is 12.2. The Hall–Kier alpha value is -2.26. The first kappa shape index (κ1) is 24.4. The van der Waals surface area contributed by atoms with Crippen molar-refractivity contribution in [2.75, 3.05) is 0 Å². The van der Waals surface area contributed by atoms with Crippen LogP contribution in [0.15, 0.2) is 46.6 Å². The van der Waals surface area contributed by atoms with Gasteiger partial charge in [0.1, 0.15) is 6.17 Å². The average molecular weight is 507 g/mol. The van der Waals surface area contributed by atoms with Crippen LogP contribution >= 0.6 is 12.6 Å². The third kappa shape index (κ3) is 2.88. The van der Waals surface area contributed by atoms with Gasteiger partial charge in [0.15, 0.2) is 17.1 Å². The van der Waals surface area contributed by atoms with E-state index < -0.39 is 69.0 Å². The summed E-state index contributed by atoms with van der Waals surface area (Å²) in [5.41, 5.74) is -6.80. The first-order chi connectivity index (χ1) is 16.3. The number of fused-ring (bicyclic) bond motifs is 5. The predicted molar refractivity (Wildman–Crippen MR) is 124 cm³/mol. The number of aliphatic hydroxyl groups excluding tert-OH is 1. The topological polar surface area (TPSA) is 93.8 Å². The number of allylic oxidation sites excluding steroid dienone is 4. The van der Waals surface area contributed by atoms with Gasteiger partial charge in [0.2, 0.25) is 10.9 Å². The molecule has 4 aliphatic carbocycles. The number of hydrogen-bond donors (Lipinski definition) is 2. The van der Waals surface area contributed by atoms with Crippen molar-refractivity contribution < 1.29 is 37.4 Å². The molecular weight excluding hydrogens is 478 g/mol. The minimum atomic E-state index is -2.29. The minimum absolute atomic E-state index is 0.0261. The summed E-state index contributed by atoms with van der Waals surface area (Å²) in [7, 11) is 0. The smallest absolute Gasteiger partial charge is 0.375 e. The van der Waals surface area contributed by atoms with E-state index in [1.54, 1.807) is 13.8 Å². The summed E-state index contributed by atoms with van der Waals surface area (Å²) in [6.45, 7) is 4.93. The number of alkyl halides is 2. The maximum Gasteiger partial charge on any atom is 0.375 e. The third-order valence-electron chi connectivity index (χ3n) is 9.46. The van der Waals surface area contributed by atoms with Gasteiger partial charge >= 0.3 is 5.97 Å². The van der Waals surface area contributed by atoms with Crippen molar-refractivity contribution >= 4 is 29.5 Å². The Kier molecular flexibility index (Phi) is 5.32. The number of thiol groups is 1. The number of furan rings is 1. The van der Waals surface area contributed by atoms with E-state index in [9.17, 15) is 19.5 Å². The fourth-order valence-electron chi connectivity index (χ4n) is 7.83. The molecule has 3 fully saturated rings. The van der Waals surface area contributed by atoms with E-state index in [0.717, 1.165) is 6.08 Å². The van der Waals surface area contributed by atoms with Gasteiger partial charge in [-0.05, 0) is 62.0 Å². The van der Waals surface area contributed by atoms with Gasteiger partial charge in [-0.3, -0.25) is 9.59 Å². The van der Waals surface area contributed by atoms with Gasteiger partial charge in [0.05, 0.1) is 12.4 Å². The number of aliphatic hydroxyl groups is 1. The molecule has 4 aliphatic rings. The number of rotatable bonds is 3. The number of ketones is 1. The summed E-state index contributed by atoms with van der Waals surface area (Å²) >= 11 is 4.11. The Labute approximate surface area is 207 Å². The van der Waals surface area contributed by atoms with Crippen molar-refractivity contribution in [2.24, 2.45) is 28.6 Å². The molecule has 9 unspecified atom stereocenters. The van der Waals surface area contributed by atoms with Crippen molar-refractivity contribution in [1.82, 2.24) is 0 Å². The summed E-state index contributed by atoms with van der Waals surface area (Å²) < 4.78 is 43.8. The summed E-state index contributed by atoms with van der Waals surface area (Å²) in [4.78, 5) is 38.0. The van der Waals surface area contributed by atoms with Crippen LogP contribution in [0.5, 0.6) is 0 Å². The van der Waals surface area contributed by atoms with Crippen LogP contribution in [-0.2, 0) is 14.3 Å². The summed E-state index contributed by atoms with van der Waals surface area (Å²) in [5.74, 6) is -3.57. The van der Waals surface area contributed by atoms with Crippen molar-refractivity contribution in [3.63, 3.8) is 0 Å². The molecule has 5 rings (SSSR count). The van der Waals surface area contributed by atoms with Crippen LogP contribution in [0.1, 0.15) is 50.6 Å². The zero-order valence-electron chi connectivity index (χ0n) is 19.7. The van der Waals surface area contributed by atoms with Crippen LogP contribution in [0, 0.1) is 28.6 Å². The van der Waals surface area contributed by atoms with Crippen molar-refractivity contribution in [1.29, 1.82) is 0 Å². The van der Waals surface area contributed by atoms with Crippen molar-refractivity contribution in [2.45, 2.75) is 63.6 Å². The number of halogens is 2. The monoisotopic (exact) mass is 506 g/mol. The van der Waals surface area contributed by atoms with Crippen molar-refractivity contribution in [3.8, 4) is 0 Å². The molecule has 0 aromatic carbocycles. The molecular formula is C26H28F2O6S. The van der Waals surface area contributed by atoms with Crippen molar-refractivity contribution in [3.05, 3.63) is 48.0 Å². The van der Waals surface area contributed by atoms with Crippen LogP contribution in [-0.4, -0.2) is 45.5 Å². The maximum absolute atomic E-state index is 17.3.